The molecule has 2 heterocycles. The third-order valence-electron chi connectivity index (χ3n) is 10.5. The smallest absolute Gasteiger partial charge is 0.164 e. The van der Waals surface area contributed by atoms with Crippen LogP contribution in [0.2, 0.25) is 0 Å². The van der Waals surface area contributed by atoms with Gasteiger partial charge in [-0.05, 0) is 84.5 Å². The average Bonchev–Trinajstić information content (AvgIpc) is 3.61. The summed E-state index contributed by atoms with van der Waals surface area (Å²) < 4.78 is 6.54. The number of rotatable bonds is 4. The normalized spacial score (nSPS) is 11.8. The van der Waals surface area contributed by atoms with Crippen molar-refractivity contribution in [2.75, 3.05) is 0 Å². The van der Waals surface area contributed by atoms with Gasteiger partial charge in [0.2, 0.25) is 0 Å². The van der Waals surface area contributed by atoms with Gasteiger partial charge in [-0.1, -0.05) is 146 Å². The van der Waals surface area contributed by atoms with Gasteiger partial charge in [-0.25, -0.2) is 15.0 Å². The summed E-state index contributed by atoms with van der Waals surface area (Å²) in [5.41, 5.74) is 6.64. The Bertz CT molecular complexity index is 3240. The second-order valence-corrected chi connectivity index (χ2v) is 13.6. The van der Waals surface area contributed by atoms with Crippen LogP contribution in [0.15, 0.2) is 180 Å². The van der Waals surface area contributed by atoms with Crippen LogP contribution >= 0.6 is 0 Å². The van der Waals surface area contributed by atoms with Crippen LogP contribution in [-0.2, 0) is 0 Å². The second kappa shape index (κ2) is 11.7. The van der Waals surface area contributed by atoms with E-state index in [1.165, 1.54) is 43.1 Å². The number of nitrogens with zero attached hydrogens (tertiary/aromatic N) is 3. The molecule has 0 fully saturated rings. The van der Waals surface area contributed by atoms with E-state index in [1.54, 1.807) is 0 Å². The highest BCUT2D eigenvalue weighted by molar-refractivity contribution is 6.18. The van der Waals surface area contributed by atoms with E-state index in [9.17, 15) is 0 Å². The number of fused-ring (bicyclic) bond motifs is 9. The van der Waals surface area contributed by atoms with Crippen molar-refractivity contribution in [2.45, 2.75) is 0 Å². The Hall–Kier alpha value is -7.17. The molecule has 9 aromatic carbocycles. The Balaban J connectivity index is 1.09. The molecule has 0 amide bonds. The molecule has 4 heteroatoms. The molecule has 0 spiro atoms. The van der Waals surface area contributed by atoms with Gasteiger partial charge in [0.25, 0.3) is 0 Å². The second-order valence-electron chi connectivity index (χ2n) is 13.6. The zero-order valence-corrected chi connectivity index (χ0v) is 28.5. The number of furan rings is 1. The van der Waals surface area contributed by atoms with E-state index in [0.29, 0.717) is 17.5 Å². The molecular weight excluding hydrogens is 647 g/mol. The van der Waals surface area contributed by atoms with E-state index in [1.807, 2.05) is 42.5 Å². The van der Waals surface area contributed by atoms with Gasteiger partial charge < -0.3 is 4.42 Å². The van der Waals surface area contributed by atoms with E-state index in [0.717, 1.165) is 49.8 Å². The minimum Gasteiger partial charge on any atom is -0.456 e. The summed E-state index contributed by atoms with van der Waals surface area (Å²) in [5.74, 6) is 1.85. The van der Waals surface area contributed by atoms with Crippen molar-refractivity contribution in [3.8, 4) is 45.3 Å². The van der Waals surface area contributed by atoms with Crippen molar-refractivity contribution >= 4 is 65.0 Å². The minimum atomic E-state index is 0.602. The van der Waals surface area contributed by atoms with Crippen LogP contribution in [0, 0.1) is 0 Å². The van der Waals surface area contributed by atoms with Crippen LogP contribution in [-0.4, -0.2) is 15.0 Å². The number of aromatic nitrogens is 3. The Morgan fingerprint density at radius 1 is 0.302 bits per heavy atom. The fraction of sp³-hybridized carbons (Fsp3) is 0. The summed E-state index contributed by atoms with van der Waals surface area (Å²) in [6.45, 7) is 0. The first-order valence-electron chi connectivity index (χ1n) is 17.8. The zero-order chi connectivity index (χ0) is 34.9. The summed E-state index contributed by atoms with van der Waals surface area (Å²) in [5, 5.41) is 11.7. The number of hydrogen-bond donors (Lipinski definition) is 0. The lowest BCUT2D eigenvalue weighted by Crippen LogP contribution is -2.00. The van der Waals surface area contributed by atoms with Gasteiger partial charge in [0, 0.05) is 27.5 Å². The molecule has 0 bridgehead atoms. The van der Waals surface area contributed by atoms with Crippen molar-refractivity contribution in [3.63, 3.8) is 0 Å². The molecule has 0 N–H and O–H groups in total. The minimum absolute atomic E-state index is 0.602. The van der Waals surface area contributed by atoms with E-state index < -0.39 is 0 Å². The number of hydrogen-bond acceptors (Lipinski definition) is 4. The van der Waals surface area contributed by atoms with E-state index in [-0.39, 0.29) is 0 Å². The van der Waals surface area contributed by atoms with Crippen LogP contribution in [0.1, 0.15) is 0 Å². The molecule has 246 valence electrons. The lowest BCUT2D eigenvalue weighted by Gasteiger charge is -2.11. The highest BCUT2D eigenvalue weighted by atomic mass is 16.3. The molecule has 0 saturated heterocycles. The maximum atomic E-state index is 6.54. The molecule has 0 radical (unpaired) electrons. The monoisotopic (exact) mass is 675 g/mol. The van der Waals surface area contributed by atoms with Gasteiger partial charge in [-0.3, -0.25) is 0 Å². The summed E-state index contributed by atoms with van der Waals surface area (Å²) >= 11 is 0. The topological polar surface area (TPSA) is 51.8 Å². The maximum Gasteiger partial charge on any atom is 0.164 e. The fourth-order valence-electron chi connectivity index (χ4n) is 7.86. The predicted octanol–water partition coefficient (Wildman–Crippen LogP) is 13.1. The Kier molecular flexibility index (Phi) is 6.52. The van der Waals surface area contributed by atoms with Gasteiger partial charge in [-0.15, -0.1) is 0 Å². The van der Waals surface area contributed by atoms with E-state index in [4.69, 9.17) is 19.4 Å². The van der Waals surface area contributed by atoms with Crippen molar-refractivity contribution in [1.29, 1.82) is 0 Å². The zero-order valence-electron chi connectivity index (χ0n) is 28.5. The molecule has 0 aliphatic rings. The fourth-order valence-corrected chi connectivity index (χ4v) is 7.86. The lowest BCUT2D eigenvalue weighted by molar-refractivity contribution is 0.669. The Labute approximate surface area is 304 Å². The van der Waals surface area contributed by atoms with Crippen LogP contribution in [0.25, 0.3) is 110 Å². The molecule has 4 nitrogen and oxygen atoms in total. The Morgan fingerprint density at radius 2 is 0.906 bits per heavy atom. The van der Waals surface area contributed by atoms with Crippen LogP contribution in [0.3, 0.4) is 0 Å². The molecule has 53 heavy (non-hydrogen) atoms. The molecule has 0 unspecified atom stereocenters. The molecule has 0 aliphatic heterocycles. The van der Waals surface area contributed by atoms with Gasteiger partial charge in [0.15, 0.2) is 17.5 Å². The van der Waals surface area contributed by atoms with Gasteiger partial charge in [-0.2, -0.15) is 0 Å². The highest BCUT2D eigenvalue weighted by Gasteiger charge is 2.19. The maximum absolute atomic E-state index is 6.54. The van der Waals surface area contributed by atoms with Gasteiger partial charge in [0.1, 0.15) is 11.2 Å². The van der Waals surface area contributed by atoms with Crippen LogP contribution in [0.4, 0.5) is 0 Å². The van der Waals surface area contributed by atoms with Crippen LogP contribution < -0.4 is 0 Å². The molecule has 11 rings (SSSR count). The molecule has 0 saturated carbocycles. The molecule has 2 aromatic heterocycles. The largest absolute Gasteiger partial charge is 0.456 e. The third kappa shape index (κ3) is 4.88. The van der Waals surface area contributed by atoms with Crippen molar-refractivity contribution in [1.82, 2.24) is 15.0 Å². The summed E-state index contributed by atoms with van der Waals surface area (Å²) in [6.07, 6.45) is 0. The first-order chi connectivity index (χ1) is 26.2. The van der Waals surface area contributed by atoms with Gasteiger partial charge in [0.05, 0.1) is 0 Å². The Morgan fingerprint density at radius 3 is 1.77 bits per heavy atom. The molecule has 0 aliphatic carbocycles. The van der Waals surface area contributed by atoms with Crippen molar-refractivity contribution in [3.05, 3.63) is 176 Å². The number of benzene rings is 9. The highest BCUT2D eigenvalue weighted by Crippen LogP contribution is 2.39. The van der Waals surface area contributed by atoms with E-state index >= 15 is 0 Å². The predicted molar refractivity (Wildman–Crippen MR) is 219 cm³/mol. The average molecular weight is 676 g/mol. The standard InChI is InChI=1S/C49H29N3O/c1-2-11-33(12-3-1)47-50-48(37-20-18-32-22-24-39-38-14-7-6-10-31(38)21-25-40(39)43(32)28-37)52-49(51-47)42-15-8-16-44-46(42)41-26-23-36(29-45(41)53-44)35-19-17-30-9-4-5-13-34(30)27-35/h1-29H. The SMILES string of the molecule is c1ccc(-c2nc(-c3ccc4ccc5c6ccccc6ccc5c4c3)nc(-c3cccc4oc5cc(-c6ccc7ccccc7c6)ccc5c34)n2)cc1. The summed E-state index contributed by atoms with van der Waals surface area (Å²) in [6, 6.07) is 61.7. The third-order valence-corrected chi connectivity index (χ3v) is 10.5. The van der Waals surface area contributed by atoms with E-state index in [2.05, 4.69) is 133 Å². The van der Waals surface area contributed by atoms with Gasteiger partial charge >= 0.3 is 0 Å². The van der Waals surface area contributed by atoms with Crippen LogP contribution in [0.5, 0.6) is 0 Å². The van der Waals surface area contributed by atoms with Crippen molar-refractivity contribution in [2.24, 2.45) is 0 Å². The lowest BCUT2D eigenvalue weighted by atomic mass is 9.96. The quantitative estimate of drug-likeness (QED) is 0.174. The first-order valence-corrected chi connectivity index (χ1v) is 17.8. The summed E-state index contributed by atoms with van der Waals surface area (Å²) in [7, 11) is 0. The summed E-state index contributed by atoms with van der Waals surface area (Å²) in [4.78, 5) is 15.4. The molecular formula is C49H29N3O. The molecule has 11 aromatic rings. The molecule has 0 atom stereocenters. The first kappa shape index (κ1) is 29.5. The van der Waals surface area contributed by atoms with Crippen molar-refractivity contribution < 1.29 is 4.42 Å².